The summed E-state index contributed by atoms with van der Waals surface area (Å²) in [7, 11) is 3.14. The van der Waals surface area contributed by atoms with Crippen molar-refractivity contribution in [2.24, 2.45) is 10.7 Å². The number of thiazole rings is 1. The van der Waals surface area contributed by atoms with Gasteiger partial charge in [-0.25, -0.2) is 19.3 Å². The highest BCUT2D eigenvalue weighted by Crippen LogP contribution is 2.37. The summed E-state index contributed by atoms with van der Waals surface area (Å²) >= 11 is 1.56. The standard InChI is InChI=1S/C25H26FN7O2S/c1-28-10-16(24(27)34-2)14-7-19-23(21(8-14)35-20-5-6-29-11-17(20)26)25(31-12-30-19)33-15-3-4-18-22(9-15)36-13-32-18/h3-4,7-10,12-13,17,20,29H,5-6,11,27H2,1-2H3,(H,30,31,33)/b24-16-,28-10?. The molecule has 11 heteroatoms. The number of halogens is 1. The molecule has 0 amide bonds. The van der Waals surface area contributed by atoms with Crippen molar-refractivity contribution < 1.29 is 13.9 Å². The van der Waals surface area contributed by atoms with Crippen molar-refractivity contribution in [3.05, 3.63) is 53.6 Å². The summed E-state index contributed by atoms with van der Waals surface area (Å²) in [6.07, 6.45) is 1.85. The van der Waals surface area contributed by atoms with Crippen molar-refractivity contribution in [2.45, 2.75) is 18.7 Å². The van der Waals surface area contributed by atoms with Crippen molar-refractivity contribution in [2.75, 3.05) is 32.6 Å². The maximum atomic E-state index is 14.8. The van der Waals surface area contributed by atoms with Gasteiger partial charge in [-0.1, -0.05) is 0 Å². The molecule has 1 saturated heterocycles. The third-order valence-corrected chi connectivity index (χ3v) is 6.77. The van der Waals surface area contributed by atoms with Crippen LogP contribution < -0.4 is 21.1 Å². The van der Waals surface area contributed by atoms with Crippen LogP contribution in [0.15, 0.2) is 53.0 Å². The Kier molecular flexibility index (Phi) is 6.92. The van der Waals surface area contributed by atoms with Crippen LogP contribution in [-0.4, -0.2) is 60.7 Å². The van der Waals surface area contributed by atoms with E-state index in [1.165, 1.54) is 13.4 Å². The molecule has 2 aromatic heterocycles. The van der Waals surface area contributed by atoms with E-state index >= 15 is 0 Å². The van der Waals surface area contributed by atoms with Gasteiger partial charge in [0.15, 0.2) is 5.88 Å². The van der Waals surface area contributed by atoms with Crippen molar-refractivity contribution in [1.82, 2.24) is 20.3 Å². The number of aromatic nitrogens is 3. The van der Waals surface area contributed by atoms with E-state index in [1.807, 2.05) is 29.8 Å². The molecule has 0 spiro atoms. The Morgan fingerprint density at radius 1 is 1.25 bits per heavy atom. The Morgan fingerprint density at radius 2 is 2.14 bits per heavy atom. The van der Waals surface area contributed by atoms with Crippen LogP contribution in [0.5, 0.6) is 5.75 Å². The van der Waals surface area contributed by atoms with E-state index in [9.17, 15) is 4.39 Å². The quantitative estimate of drug-likeness (QED) is 0.253. The van der Waals surface area contributed by atoms with E-state index in [0.717, 1.165) is 15.9 Å². The highest BCUT2D eigenvalue weighted by atomic mass is 32.1. The first kappa shape index (κ1) is 23.9. The second kappa shape index (κ2) is 10.4. The van der Waals surface area contributed by atoms with Crippen molar-refractivity contribution in [3.8, 4) is 5.75 Å². The monoisotopic (exact) mass is 507 g/mol. The number of hydrogen-bond acceptors (Lipinski definition) is 10. The first-order valence-electron chi connectivity index (χ1n) is 11.4. The number of nitrogens with one attached hydrogen (secondary N) is 2. The average Bonchev–Trinajstić information content (AvgIpc) is 3.36. The lowest BCUT2D eigenvalue weighted by Crippen LogP contribution is -2.44. The molecular formula is C25H26FN7O2S. The lowest BCUT2D eigenvalue weighted by Gasteiger charge is -2.28. The zero-order valence-corrected chi connectivity index (χ0v) is 20.7. The normalized spacial score (nSPS) is 19.0. The maximum Gasteiger partial charge on any atom is 0.193 e. The second-order valence-electron chi connectivity index (χ2n) is 8.29. The van der Waals surface area contributed by atoms with E-state index < -0.39 is 12.3 Å². The Morgan fingerprint density at radius 3 is 2.94 bits per heavy atom. The molecule has 4 aromatic rings. The molecule has 5 rings (SSSR count). The molecule has 2 atom stereocenters. The fourth-order valence-corrected chi connectivity index (χ4v) is 4.89. The lowest BCUT2D eigenvalue weighted by molar-refractivity contribution is 0.0744. The number of rotatable bonds is 7. The summed E-state index contributed by atoms with van der Waals surface area (Å²) < 4.78 is 27.4. The van der Waals surface area contributed by atoms with E-state index in [2.05, 4.69) is 30.6 Å². The SMILES string of the molecule is CN=C/C(=C(\N)OC)c1cc(OC2CCNCC2F)c2c(Nc3ccc4ncsc4c3)ncnc2c1. The number of methoxy groups -OCH3 is 1. The average molecular weight is 508 g/mol. The van der Waals surface area contributed by atoms with Crippen molar-refractivity contribution in [3.63, 3.8) is 0 Å². The summed E-state index contributed by atoms with van der Waals surface area (Å²) in [5.74, 6) is 1.19. The third-order valence-electron chi connectivity index (χ3n) is 5.98. The van der Waals surface area contributed by atoms with Crippen LogP contribution in [0.2, 0.25) is 0 Å². The first-order chi connectivity index (χ1) is 17.6. The summed E-state index contributed by atoms with van der Waals surface area (Å²) in [4.78, 5) is 17.4. The second-order valence-corrected chi connectivity index (χ2v) is 9.17. The molecule has 0 bridgehead atoms. The number of fused-ring (bicyclic) bond motifs is 2. The fraction of sp³-hybridized carbons (Fsp3) is 0.280. The number of ether oxygens (including phenoxy) is 2. The minimum absolute atomic E-state index is 0.196. The van der Waals surface area contributed by atoms with Crippen LogP contribution in [0.4, 0.5) is 15.9 Å². The topological polar surface area (TPSA) is 120 Å². The fourth-order valence-electron chi connectivity index (χ4n) is 4.18. The van der Waals surface area contributed by atoms with E-state index in [0.29, 0.717) is 46.6 Å². The molecule has 1 fully saturated rings. The first-order valence-corrected chi connectivity index (χ1v) is 12.3. The molecule has 1 aliphatic rings. The van der Waals surface area contributed by atoms with Crippen molar-refractivity contribution >= 4 is 55.7 Å². The van der Waals surface area contributed by atoms with Gasteiger partial charge in [0, 0.05) is 25.5 Å². The number of allylic oxidation sites excluding steroid dienone is 1. The van der Waals surface area contributed by atoms with E-state index in [1.54, 1.807) is 30.7 Å². The number of nitrogens with zero attached hydrogens (tertiary/aromatic N) is 4. The molecule has 0 saturated carbocycles. The molecule has 2 unspecified atom stereocenters. The molecule has 1 aliphatic heterocycles. The molecule has 4 N–H and O–H groups in total. The summed E-state index contributed by atoms with van der Waals surface area (Å²) in [6.45, 7) is 0.909. The highest BCUT2D eigenvalue weighted by Gasteiger charge is 2.28. The van der Waals surface area contributed by atoms with Crippen LogP contribution in [0.25, 0.3) is 26.7 Å². The van der Waals surface area contributed by atoms with Crippen LogP contribution in [0.1, 0.15) is 12.0 Å². The van der Waals surface area contributed by atoms with Gasteiger partial charge in [0.25, 0.3) is 0 Å². The molecule has 2 aromatic carbocycles. The van der Waals surface area contributed by atoms with Gasteiger partial charge in [-0.3, -0.25) is 4.99 Å². The Hall–Kier alpha value is -3.83. The highest BCUT2D eigenvalue weighted by molar-refractivity contribution is 7.16. The predicted molar refractivity (Wildman–Crippen MR) is 142 cm³/mol. The Balaban J connectivity index is 1.65. The molecule has 186 valence electrons. The van der Waals surface area contributed by atoms with E-state index in [4.69, 9.17) is 15.2 Å². The van der Waals surface area contributed by atoms with Gasteiger partial charge in [0.05, 0.1) is 39.3 Å². The summed E-state index contributed by atoms with van der Waals surface area (Å²) in [5.41, 5.74) is 11.6. The number of piperidine rings is 1. The van der Waals surface area contributed by atoms with Crippen LogP contribution in [0.3, 0.4) is 0 Å². The predicted octanol–water partition coefficient (Wildman–Crippen LogP) is 4.04. The van der Waals surface area contributed by atoms with Gasteiger partial charge < -0.3 is 25.8 Å². The minimum Gasteiger partial charge on any atom is -0.486 e. The number of anilines is 2. The lowest BCUT2D eigenvalue weighted by atomic mass is 10.0. The number of alkyl halides is 1. The molecule has 0 aliphatic carbocycles. The Bertz CT molecular complexity index is 1460. The zero-order chi connectivity index (χ0) is 25.1. The summed E-state index contributed by atoms with van der Waals surface area (Å²) in [5, 5.41) is 7.08. The summed E-state index contributed by atoms with van der Waals surface area (Å²) in [6, 6.07) is 9.57. The largest absolute Gasteiger partial charge is 0.486 e. The van der Waals surface area contributed by atoms with Gasteiger partial charge in [-0.05, 0) is 48.9 Å². The zero-order valence-electron chi connectivity index (χ0n) is 19.9. The Labute approximate surface area is 211 Å². The van der Waals surface area contributed by atoms with Crippen LogP contribution in [0, 0.1) is 0 Å². The molecular weight excluding hydrogens is 481 g/mol. The third kappa shape index (κ3) is 4.79. The number of benzene rings is 2. The number of hydrogen-bond donors (Lipinski definition) is 3. The van der Waals surface area contributed by atoms with Crippen LogP contribution >= 0.6 is 11.3 Å². The van der Waals surface area contributed by atoms with E-state index in [-0.39, 0.29) is 12.4 Å². The molecule has 3 heterocycles. The molecule has 0 radical (unpaired) electrons. The van der Waals surface area contributed by atoms with Gasteiger partial charge in [0.2, 0.25) is 0 Å². The number of nitrogens with two attached hydrogens (primary N) is 1. The number of aliphatic imine (C=N–C) groups is 1. The smallest absolute Gasteiger partial charge is 0.193 e. The molecule has 9 nitrogen and oxygen atoms in total. The van der Waals surface area contributed by atoms with Gasteiger partial charge in [-0.15, -0.1) is 11.3 Å². The van der Waals surface area contributed by atoms with Gasteiger partial charge in [-0.2, -0.15) is 0 Å². The minimum atomic E-state index is -1.15. The van der Waals surface area contributed by atoms with Gasteiger partial charge in [0.1, 0.15) is 30.2 Å². The maximum absolute atomic E-state index is 14.8. The molecule has 36 heavy (non-hydrogen) atoms. The van der Waals surface area contributed by atoms with Gasteiger partial charge >= 0.3 is 0 Å². The van der Waals surface area contributed by atoms with Crippen molar-refractivity contribution in [1.29, 1.82) is 0 Å². The van der Waals surface area contributed by atoms with Crippen LogP contribution in [-0.2, 0) is 4.74 Å².